The Bertz CT molecular complexity index is 2140. The lowest BCUT2D eigenvalue weighted by atomic mass is 10.0. The highest BCUT2D eigenvalue weighted by molar-refractivity contribution is 6.14. The van der Waals surface area contributed by atoms with Gasteiger partial charge in [0.05, 0.1) is 28.4 Å². The van der Waals surface area contributed by atoms with Gasteiger partial charge in [-0.1, -0.05) is 103 Å². The van der Waals surface area contributed by atoms with Gasteiger partial charge in [-0.05, 0) is 64.7 Å². The fourth-order valence-corrected chi connectivity index (χ4v) is 5.75. The Hall–Kier alpha value is -6.25. The molecule has 0 bridgehead atoms. The normalized spacial score (nSPS) is 11.5. The monoisotopic (exact) mass is 565 g/mol. The van der Waals surface area contributed by atoms with E-state index in [2.05, 4.69) is 76.3 Å². The fraction of sp³-hybridized carbons (Fsp3) is 0. The lowest BCUT2D eigenvalue weighted by Crippen LogP contribution is -2.16. The number of rotatable bonds is 5. The molecule has 0 aliphatic heterocycles. The van der Waals surface area contributed by atoms with Crippen molar-refractivity contribution in [2.45, 2.75) is 0 Å². The second-order valence-corrected chi connectivity index (χ2v) is 10.6. The Morgan fingerprint density at radius 1 is 0.614 bits per heavy atom. The van der Waals surface area contributed by atoms with Crippen LogP contribution in [0.4, 0.5) is 0 Å². The molecule has 0 aliphatic carbocycles. The topological polar surface area (TPSA) is 91.0 Å². The van der Waals surface area contributed by atoms with Crippen LogP contribution in [0.3, 0.4) is 0 Å². The van der Waals surface area contributed by atoms with Crippen LogP contribution in [0, 0.1) is 16.7 Å². The molecule has 0 unspecified atom stereocenters. The van der Waals surface area contributed by atoms with Crippen LogP contribution >= 0.6 is 0 Å². The molecule has 7 rings (SSSR count). The Labute approximate surface area is 255 Å². The van der Waals surface area contributed by atoms with Crippen molar-refractivity contribution in [2.24, 2.45) is 10.7 Å². The van der Waals surface area contributed by atoms with Gasteiger partial charge in [0.2, 0.25) is 0 Å². The Kier molecular flexibility index (Phi) is 6.78. The first kappa shape index (κ1) is 26.6. The number of nitrogens with one attached hydrogen (secondary N) is 1. The molecule has 0 aliphatic rings. The molecule has 5 nitrogen and oxygen atoms in total. The van der Waals surface area contributed by atoms with E-state index in [1.54, 1.807) is 12.1 Å². The molecule has 0 saturated carbocycles. The minimum Gasteiger partial charge on any atom is -0.383 e. The predicted octanol–water partition coefficient (Wildman–Crippen LogP) is 8.72. The van der Waals surface area contributed by atoms with E-state index >= 15 is 0 Å². The quantitative estimate of drug-likeness (QED) is 0.161. The molecule has 208 valence electrons. The highest BCUT2D eigenvalue weighted by atomic mass is 15.0. The van der Waals surface area contributed by atoms with Crippen molar-refractivity contribution in [1.29, 1.82) is 10.7 Å². The largest absolute Gasteiger partial charge is 0.383 e. The third-order valence-electron chi connectivity index (χ3n) is 7.90. The van der Waals surface area contributed by atoms with Crippen LogP contribution in [0.25, 0.3) is 49.7 Å². The SMILES string of the molecule is N#Cc1ccc(-n2c3ccc(-c4ccccc4)cc3c3cc(-c4ccccc4)ccc32)c(C(=N)N=C(N)c2ccccc2)c1. The van der Waals surface area contributed by atoms with Gasteiger partial charge in [-0.2, -0.15) is 5.26 Å². The van der Waals surface area contributed by atoms with Gasteiger partial charge in [0.25, 0.3) is 0 Å². The number of aromatic nitrogens is 1. The molecular weight excluding hydrogens is 538 g/mol. The Morgan fingerprint density at radius 3 is 1.66 bits per heavy atom. The molecule has 0 fully saturated rings. The van der Waals surface area contributed by atoms with Gasteiger partial charge in [-0.25, -0.2) is 4.99 Å². The number of aliphatic imine (C=N–C) groups is 1. The summed E-state index contributed by atoms with van der Waals surface area (Å²) in [4.78, 5) is 4.49. The second-order valence-electron chi connectivity index (χ2n) is 10.6. The molecule has 1 heterocycles. The molecule has 6 aromatic carbocycles. The summed E-state index contributed by atoms with van der Waals surface area (Å²) in [6.45, 7) is 0. The molecular formula is C39H27N5. The van der Waals surface area contributed by atoms with E-state index in [1.165, 1.54) is 0 Å². The van der Waals surface area contributed by atoms with Gasteiger partial charge < -0.3 is 10.3 Å². The maximum absolute atomic E-state index is 9.76. The summed E-state index contributed by atoms with van der Waals surface area (Å²) in [6, 6.07) is 50.7. The standard InChI is InChI=1S/C39H27N5/c40-25-26-16-19-37(34(22-26)39(42)43-38(41)29-14-8-3-9-15-29)44-35-20-17-30(27-10-4-1-5-11-27)23-32(35)33-24-31(18-21-36(33)44)28-12-6-2-7-13-28/h1-24H,(H3,41,42,43). The zero-order chi connectivity index (χ0) is 30.0. The van der Waals surface area contributed by atoms with E-state index in [1.807, 2.05) is 72.8 Å². The van der Waals surface area contributed by atoms with Crippen molar-refractivity contribution in [2.75, 3.05) is 0 Å². The van der Waals surface area contributed by atoms with Crippen LogP contribution in [0.15, 0.2) is 151 Å². The molecule has 44 heavy (non-hydrogen) atoms. The lowest BCUT2D eigenvalue weighted by Gasteiger charge is -2.14. The number of benzene rings is 6. The third-order valence-corrected chi connectivity index (χ3v) is 7.90. The predicted molar refractivity (Wildman–Crippen MR) is 180 cm³/mol. The molecule has 0 atom stereocenters. The molecule has 1 aromatic heterocycles. The number of fused-ring (bicyclic) bond motifs is 3. The third kappa shape index (κ3) is 4.81. The minimum atomic E-state index is -0.0183. The van der Waals surface area contributed by atoms with Crippen LogP contribution in [-0.2, 0) is 0 Å². The number of amidine groups is 2. The maximum atomic E-state index is 9.76. The van der Waals surface area contributed by atoms with Crippen LogP contribution in [0.5, 0.6) is 0 Å². The van der Waals surface area contributed by atoms with Gasteiger partial charge in [0.15, 0.2) is 5.84 Å². The highest BCUT2D eigenvalue weighted by Crippen LogP contribution is 2.38. The van der Waals surface area contributed by atoms with Crippen LogP contribution in [-0.4, -0.2) is 16.2 Å². The molecule has 0 amide bonds. The molecule has 5 heteroatoms. The average molecular weight is 566 g/mol. The van der Waals surface area contributed by atoms with Crippen LogP contribution < -0.4 is 5.73 Å². The first-order valence-electron chi connectivity index (χ1n) is 14.3. The van der Waals surface area contributed by atoms with Crippen LogP contribution in [0.1, 0.15) is 16.7 Å². The van der Waals surface area contributed by atoms with Crippen molar-refractivity contribution in [3.63, 3.8) is 0 Å². The lowest BCUT2D eigenvalue weighted by molar-refractivity contribution is 1.16. The summed E-state index contributed by atoms with van der Waals surface area (Å²) in [5, 5.41) is 21.0. The zero-order valence-corrected chi connectivity index (χ0v) is 23.8. The molecule has 3 N–H and O–H groups in total. The van der Waals surface area contributed by atoms with Gasteiger partial charge in [-0.15, -0.1) is 0 Å². The number of nitriles is 1. The molecule has 0 radical (unpaired) electrons. The number of hydrogen-bond acceptors (Lipinski definition) is 2. The fourth-order valence-electron chi connectivity index (χ4n) is 5.75. The first-order valence-corrected chi connectivity index (χ1v) is 14.3. The van der Waals surface area contributed by atoms with E-state index < -0.39 is 0 Å². The van der Waals surface area contributed by atoms with Crippen molar-refractivity contribution in [3.8, 4) is 34.0 Å². The van der Waals surface area contributed by atoms with E-state index in [0.29, 0.717) is 11.1 Å². The van der Waals surface area contributed by atoms with E-state index in [0.717, 1.165) is 55.3 Å². The number of hydrogen-bond donors (Lipinski definition) is 2. The summed E-state index contributed by atoms with van der Waals surface area (Å²) in [5.74, 6) is 0.224. The smallest absolute Gasteiger partial charge is 0.156 e. The first-order chi connectivity index (χ1) is 21.6. The zero-order valence-electron chi connectivity index (χ0n) is 23.8. The van der Waals surface area contributed by atoms with Crippen molar-refractivity contribution in [1.82, 2.24) is 4.57 Å². The average Bonchev–Trinajstić information content (AvgIpc) is 3.42. The van der Waals surface area contributed by atoms with Crippen molar-refractivity contribution < 1.29 is 0 Å². The van der Waals surface area contributed by atoms with E-state index in [9.17, 15) is 5.26 Å². The van der Waals surface area contributed by atoms with Gasteiger partial charge >= 0.3 is 0 Å². The number of nitrogens with two attached hydrogens (primary N) is 1. The van der Waals surface area contributed by atoms with Gasteiger partial charge in [0, 0.05) is 21.9 Å². The van der Waals surface area contributed by atoms with Crippen LogP contribution in [0.2, 0.25) is 0 Å². The van der Waals surface area contributed by atoms with Crippen molar-refractivity contribution >= 4 is 33.5 Å². The summed E-state index contributed by atoms with van der Waals surface area (Å²) in [5.41, 5.74) is 15.3. The Balaban J connectivity index is 1.48. The summed E-state index contributed by atoms with van der Waals surface area (Å²) in [7, 11) is 0. The molecule has 7 aromatic rings. The summed E-state index contributed by atoms with van der Waals surface area (Å²) < 4.78 is 2.16. The summed E-state index contributed by atoms with van der Waals surface area (Å²) in [6.07, 6.45) is 0. The van der Waals surface area contributed by atoms with E-state index in [-0.39, 0.29) is 11.7 Å². The van der Waals surface area contributed by atoms with Crippen molar-refractivity contribution in [3.05, 3.63) is 162 Å². The molecule has 0 saturated heterocycles. The number of nitrogens with zero attached hydrogens (tertiary/aromatic N) is 3. The second kappa shape index (κ2) is 11.2. The Morgan fingerprint density at radius 2 is 1.14 bits per heavy atom. The molecule has 0 spiro atoms. The maximum Gasteiger partial charge on any atom is 0.156 e. The highest BCUT2D eigenvalue weighted by Gasteiger charge is 2.19. The van der Waals surface area contributed by atoms with Gasteiger partial charge in [0.1, 0.15) is 5.84 Å². The summed E-state index contributed by atoms with van der Waals surface area (Å²) >= 11 is 0. The minimum absolute atomic E-state index is 0.0183. The van der Waals surface area contributed by atoms with Gasteiger partial charge in [-0.3, -0.25) is 5.41 Å². The van der Waals surface area contributed by atoms with E-state index in [4.69, 9.17) is 11.1 Å².